The van der Waals surface area contributed by atoms with Crippen molar-refractivity contribution in [3.05, 3.63) is 39.9 Å². The van der Waals surface area contributed by atoms with Gasteiger partial charge in [-0.25, -0.2) is 0 Å². The van der Waals surface area contributed by atoms with Crippen molar-refractivity contribution < 1.29 is 4.92 Å². The van der Waals surface area contributed by atoms with Crippen LogP contribution in [0, 0.1) is 16.0 Å². The molecule has 0 unspecified atom stereocenters. The molecule has 1 aliphatic heterocycles. The van der Waals surface area contributed by atoms with Crippen LogP contribution in [0.2, 0.25) is 0 Å². The molecule has 2 fully saturated rings. The summed E-state index contributed by atoms with van der Waals surface area (Å²) in [5.41, 5.74) is 1.26. The van der Waals surface area contributed by atoms with Crippen molar-refractivity contribution in [2.75, 3.05) is 19.6 Å². The molecule has 1 saturated heterocycles. The summed E-state index contributed by atoms with van der Waals surface area (Å²) >= 11 is 0. The SMILES string of the molecule is O=[N+]([O-])c1cccc(CN(CC2CCNCC2)C2CC2)c1. The number of rotatable bonds is 6. The normalized spacial score (nSPS) is 19.9. The van der Waals surface area contributed by atoms with Gasteiger partial charge < -0.3 is 5.32 Å². The van der Waals surface area contributed by atoms with Gasteiger partial charge in [-0.2, -0.15) is 0 Å². The second-order valence-electron chi connectivity index (χ2n) is 6.28. The smallest absolute Gasteiger partial charge is 0.269 e. The molecule has 21 heavy (non-hydrogen) atoms. The van der Waals surface area contributed by atoms with E-state index in [4.69, 9.17) is 0 Å². The number of benzene rings is 1. The van der Waals surface area contributed by atoms with Crippen LogP contribution in [0.25, 0.3) is 0 Å². The van der Waals surface area contributed by atoms with Gasteiger partial charge in [0.25, 0.3) is 5.69 Å². The van der Waals surface area contributed by atoms with E-state index >= 15 is 0 Å². The Morgan fingerprint density at radius 3 is 2.67 bits per heavy atom. The summed E-state index contributed by atoms with van der Waals surface area (Å²) in [6.07, 6.45) is 5.05. The number of non-ortho nitro benzene ring substituents is 1. The molecule has 1 saturated carbocycles. The maximum atomic E-state index is 10.9. The number of piperidine rings is 1. The first kappa shape index (κ1) is 14.5. The molecule has 1 aromatic rings. The molecule has 0 amide bonds. The molecule has 1 aromatic carbocycles. The monoisotopic (exact) mass is 289 g/mol. The number of hydrogen-bond acceptors (Lipinski definition) is 4. The molecule has 3 rings (SSSR count). The number of hydrogen-bond donors (Lipinski definition) is 1. The summed E-state index contributed by atoms with van der Waals surface area (Å²) in [5, 5.41) is 14.3. The van der Waals surface area contributed by atoms with Crippen LogP contribution in [0.4, 0.5) is 5.69 Å². The second kappa shape index (κ2) is 6.54. The summed E-state index contributed by atoms with van der Waals surface area (Å²) in [7, 11) is 0. The van der Waals surface area contributed by atoms with Crippen LogP contribution in [-0.2, 0) is 6.54 Å². The zero-order valence-electron chi connectivity index (χ0n) is 12.3. The van der Waals surface area contributed by atoms with Crippen LogP contribution in [0.1, 0.15) is 31.2 Å². The Bertz CT molecular complexity index is 496. The first-order valence-corrected chi connectivity index (χ1v) is 7.90. The quantitative estimate of drug-likeness (QED) is 0.646. The van der Waals surface area contributed by atoms with Crippen molar-refractivity contribution in [1.82, 2.24) is 10.2 Å². The first-order chi connectivity index (χ1) is 10.2. The molecule has 0 spiro atoms. The van der Waals surface area contributed by atoms with E-state index < -0.39 is 0 Å². The van der Waals surface area contributed by atoms with Gasteiger partial charge in [0.15, 0.2) is 0 Å². The molecule has 1 aliphatic carbocycles. The molecular formula is C16H23N3O2. The lowest BCUT2D eigenvalue weighted by Gasteiger charge is -2.30. The van der Waals surface area contributed by atoms with Gasteiger partial charge in [0.05, 0.1) is 4.92 Å². The Balaban J connectivity index is 1.64. The van der Waals surface area contributed by atoms with E-state index in [-0.39, 0.29) is 10.6 Å². The number of nitro groups is 1. The number of nitrogens with one attached hydrogen (secondary N) is 1. The minimum absolute atomic E-state index is 0.199. The maximum absolute atomic E-state index is 10.9. The Hall–Kier alpha value is -1.46. The summed E-state index contributed by atoms with van der Waals surface area (Å²) < 4.78 is 0. The van der Waals surface area contributed by atoms with Crippen LogP contribution in [0.5, 0.6) is 0 Å². The minimum atomic E-state index is -0.308. The Kier molecular flexibility index (Phi) is 4.51. The molecule has 0 atom stereocenters. The number of nitro benzene ring substituents is 1. The zero-order chi connectivity index (χ0) is 14.7. The van der Waals surface area contributed by atoms with E-state index in [0.29, 0.717) is 6.04 Å². The van der Waals surface area contributed by atoms with Gasteiger partial charge in [0.1, 0.15) is 0 Å². The molecule has 114 valence electrons. The summed E-state index contributed by atoms with van der Waals surface area (Å²) in [5.74, 6) is 0.769. The fraction of sp³-hybridized carbons (Fsp3) is 0.625. The maximum Gasteiger partial charge on any atom is 0.269 e. The lowest BCUT2D eigenvalue weighted by molar-refractivity contribution is -0.384. The van der Waals surface area contributed by atoms with Gasteiger partial charge in [-0.15, -0.1) is 0 Å². The first-order valence-electron chi connectivity index (χ1n) is 7.90. The summed E-state index contributed by atoms with van der Waals surface area (Å²) in [4.78, 5) is 13.1. The van der Waals surface area contributed by atoms with Gasteiger partial charge in [-0.05, 0) is 50.3 Å². The molecule has 1 N–H and O–H groups in total. The third-order valence-electron chi connectivity index (χ3n) is 4.52. The van der Waals surface area contributed by atoms with Gasteiger partial charge in [0, 0.05) is 31.3 Å². The van der Waals surface area contributed by atoms with Crippen molar-refractivity contribution in [3.8, 4) is 0 Å². The standard InChI is InChI=1S/C16H23N3O2/c20-19(21)16-3-1-2-14(10-16)12-18(15-4-5-15)11-13-6-8-17-9-7-13/h1-3,10,13,15,17H,4-9,11-12H2. The van der Waals surface area contributed by atoms with Gasteiger partial charge >= 0.3 is 0 Å². The molecule has 5 heteroatoms. The largest absolute Gasteiger partial charge is 0.317 e. The highest BCUT2D eigenvalue weighted by atomic mass is 16.6. The van der Waals surface area contributed by atoms with Crippen LogP contribution < -0.4 is 5.32 Å². The summed E-state index contributed by atoms with van der Waals surface area (Å²) in [6.45, 7) is 4.23. The fourth-order valence-electron chi connectivity index (χ4n) is 3.18. The van der Waals surface area contributed by atoms with E-state index in [1.165, 1.54) is 25.7 Å². The van der Waals surface area contributed by atoms with Crippen LogP contribution in [0.15, 0.2) is 24.3 Å². The molecule has 5 nitrogen and oxygen atoms in total. The minimum Gasteiger partial charge on any atom is -0.317 e. The molecule has 2 aliphatic rings. The third-order valence-corrected chi connectivity index (χ3v) is 4.52. The average molecular weight is 289 g/mol. The topological polar surface area (TPSA) is 58.4 Å². The lowest BCUT2D eigenvalue weighted by atomic mass is 9.97. The van der Waals surface area contributed by atoms with Crippen molar-refractivity contribution >= 4 is 5.69 Å². The zero-order valence-corrected chi connectivity index (χ0v) is 12.3. The Morgan fingerprint density at radius 1 is 1.24 bits per heavy atom. The van der Waals surface area contributed by atoms with Gasteiger partial charge in [0.2, 0.25) is 0 Å². The Morgan fingerprint density at radius 2 is 2.00 bits per heavy atom. The van der Waals surface area contributed by atoms with E-state index in [1.807, 2.05) is 6.07 Å². The van der Waals surface area contributed by atoms with E-state index in [0.717, 1.165) is 37.7 Å². The third kappa shape index (κ3) is 4.02. The molecule has 0 bridgehead atoms. The lowest BCUT2D eigenvalue weighted by Crippen LogP contribution is -2.37. The fourth-order valence-corrected chi connectivity index (χ4v) is 3.18. The van der Waals surface area contributed by atoms with E-state index in [2.05, 4.69) is 10.2 Å². The highest BCUT2D eigenvalue weighted by Gasteiger charge is 2.31. The van der Waals surface area contributed by atoms with E-state index in [1.54, 1.807) is 18.2 Å². The highest BCUT2D eigenvalue weighted by molar-refractivity contribution is 5.34. The average Bonchev–Trinajstić information content (AvgIpc) is 3.33. The van der Waals surface area contributed by atoms with Gasteiger partial charge in [-0.1, -0.05) is 12.1 Å². The van der Waals surface area contributed by atoms with Crippen LogP contribution in [0.3, 0.4) is 0 Å². The van der Waals surface area contributed by atoms with Crippen molar-refractivity contribution in [1.29, 1.82) is 0 Å². The van der Waals surface area contributed by atoms with Gasteiger partial charge in [-0.3, -0.25) is 15.0 Å². The predicted octanol–water partition coefficient (Wildman–Crippen LogP) is 2.56. The number of nitrogens with zero attached hydrogens (tertiary/aromatic N) is 2. The highest BCUT2D eigenvalue weighted by Crippen LogP contribution is 2.30. The van der Waals surface area contributed by atoms with Crippen molar-refractivity contribution in [2.45, 2.75) is 38.3 Å². The molecular weight excluding hydrogens is 266 g/mol. The second-order valence-corrected chi connectivity index (χ2v) is 6.28. The molecule has 0 aromatic heterocycles. The van der Waals surface area contributed by atoms with Crippen LogP contribution in [-0.4, -0.2) is 35.5 Å². The van der Waals surface area contributed by atoms with Crippen molar-refractivity contribution in [2.24, 2.45) is 5.92 Å². The summed E-state index contributed by atoms with van der Waals surface area (Å²) in [6, 6.07) is 7.78. The van der Waals surface area contributed by atoms with E-state index in [9.17, 15) is 10.1 Å². The molecule has 1 heterocycles. The van der Waals surface area contributed by atoms with Crippen molar-refractivity contribution in [3.63, 3.8) is 0 Å². The Labute approximate surface area is 125 Å². The predicted molar refractivity (Wildman–Crippen MR) is 82.1 cm³/mol. The van der Waals surface area contributed by atoms with Crippen LogP contribution >= 0.6 is 0 Å². The molecule has 0 radical (unpaired) electrons.